The molecule has 0 bridgehead atoms. The Morgan fingerprint density at radius 2 is 1.57 bits per heavy atom. The molecule has 0 saturated carbocycles. The Hall–Kier alpha value is -0.0800. The van der Waals surface area contributed by atoms with Crippen LogP contribution in [0.15, 0.2) is 0 Å². The highest BCUT2D eigenvalue weighted by Crippen LogP contribution is 2.25. The first-order valence-corrected chi connectivity index (χ1v) is 5.94. The van der Waals surface area contributed by atoms with E-state index in [-0.39, 0.29) is 6.10 Å². The highest BCUT2D eigenvalue weighted by Gasteiger charge is 2.23. The topological polar surface area (TPSA) is 40.5 Å². The Labute approximate surface area is 88.3 Å². The summed E-state index contributed by atoms with van der Waals surface area (Å²) in [7, 11) is 0. The summed E-state index contributed by atoms with van der Waals surface area (Å²) in [5, 5.41) is 19.4. The molecule has 0 radical (unpaired) electrons. The summed E-state index contributed by atoms with van der Waals surface area (Å²) < 4.78 is 0. The number of aliphatic hydroxyl groups excluding tert-OH is 1. The molecule has 2 nitrogen and oxygen atoms in total. The van der Waals surface area contributed by atoms with Crippen LogP contribution >= 0.6 is 0 Å². The van der Waals surface area contributed by atoms with Gasteiger partial charge in [0.05, 0.1) is 11.7 Å². The Morgan fingerprint density at radius 3 is 1.93 bits per heavy atom. The third kappa shape index (κ3) is 6.39. The van der Waals surface area contributed by atoms with Crippen LogP contribution in [-0.4, -0.2) is 21.9 Å². The lowest BCUT2D eigenvalue weighted by Gasteiger charge is -2.27. The van der Waals surface area contributed by atoms with Crippen molar-refractivity contribution in [2.24, 2.45) is 0 Å². The van der Waals surface area contributed by atoms with Crippen LogP contribution in [0, 0.1) is 0 Å². The molecule has 2 heteroatoms. The molecular weight excluding hydrogens is 176 g/mol. The van der Waals surface area contributed by atoms with Gasteiger partial charge in [-0.25, -0.2) is 0 Å². The second kappa shape index (κ2) is 7.24. The van der Waals surface area contributed by atoms with Crippen molar-refractivity contribution in [3.05, 3.63) is 0 Å². The van der Waals surface area contributed by atoms with Crippen LogP contribution < -0.4 is 0 Å². The van der Waals surface area contributed by atoms with Crippen LogP contribution in [0.2, 0.25) is 0 Å². The van der Waals surface area contributed by atoms with Crippen molar-refractivity contribution in [3.8, 4) is 0 Å². The minimum absolute atomic E-state index is 0.234. The van der Waals surface area contributed by atoms with Crippen LogP contribution in [0.1, 0.15) is 65.7 Å². The standard InChI is InChI=1S/C12H26O2/c1-4-8-12(14,9-5-2)10-6-7-11(3)13/h11,13-14H,4-10H2,1-3H3. The first kappa shape index (κ1) is 13.9. The van der Waals surface area contributed by atoms with E-state index >= 15 is 0 Å². The van der Waals surface area contributed by atoms with E-state index in [9.17, 15) is 5.11 Å². The van der Waals surface area contributed by atoms with Gasteiger partial charge in [0, 0.05) is 0 Å². The Balaban J connectivity index is 3.83. The van der Waals surface area contributed by atoms with E-state index in [1.54, 1.807) is 6.92 Å². The van der Waals surface area contributed by atoms with E-state index in [4.69, 9.17) is 5.11 Å². The number of hydrogen-bond donors (Lipinski definition) is 2. The number of aliphatic hydroxyl groups is 2. The first-order chi connectivity index (χ1) is 6.54. The van der Waals surface area contributed by atoms with Gasteiger partial charge < -0.3 is 10.2 Å². The van der Waals surface area contributed by atoms with Crippen LogP contribution in [0.4, 0.5) is 0 Å². The summed E-state index contributed by atoms with van der Waals surface area (Å²) >= 11 is 0. The fraction of sp³-hybridized carbons (Fsp3) is 1.00. The molecule has 0 aromatic heterocycles. The zero-order valence-corrected chi connectivity index (χ0v) is 9.92. The van der Waals surface area contributed by atoms with E-state index < -0.39 is 5.60 Å². The van der Waals surface area contributed by atoms with Gasteiger partial charge in [-0.1, -0.05) is 26.7 Å². The lowest BCUT2D eigenvalue weighted by molar-refractivity contribution is 0.00807. The summed E-state index contributed by atoms with van der Waals surface area (Å²) in [5.74, 6) is 0. The second-order valence-electron chi connectivity index (χ2n) is 4.47. The van der Waals surface area contributed by atoms with Gasteiger partial charge in [-0.3, -0.25) is 0 Å². The summed E-state index contributed by atoms with van der Waals surface area (Å²) in [6.07, 6.45) is 6.17. The van der Waals surface area contributed by atoms with Crippen molar-refractivity contribution in [3.63, 3.8) is 0 Å². The monoisotopic (exact) mass is 202 g/mol. The largest absolute Gasteiger partial charge is 0.393 e. The van der Waals surface area contributed by atoms with E-state index in [0.717, 1.165) is 44.9 Å². The maximum atomic E-state index is 10.2. The fourth-order valence-corrected chi connectivity index (χ4v) is 2.03. The van der Waals surface area contributed by atoms with Crippen molar-refractivity contribution in [2.45, 2.75) is 77.4 Å². The van der Waals surface area contributed by atoms with Gasteiger partial charge >= 0.3 is 0 Å². The van der Waals surface area contributed by atoms with E-state index in [1.165, 1.54) is 0 Å². The Kier molecular flexibility index (Phi) is 7.20. The van der Waals surface area contributed by atoms with E-state index in [2.05, 4.69) is 13.8 Å². The van der Waals surface area contributed by atoms with Crippen LogP contribution in [-0.2, 0) is 0 Å². The van der Waals surface area contributed by atoms with Gasteiger partial charge in [0.1, 0.15) is 0 Å². The molecule has 0 fully saturated rings. The third-order valence-corrected chi connectivity index (χ3v) is 2.69. The average molecular weight is 202 g/mol. The summed E-state index contributed by atoms with van der Waals surface area (Å²) in [6, 6.07) is 0. The highest BCUT2D eigenvalue weighted by molar-refractivity contribution is 4.77. The first-order valence-electron chi connectivity index (χ1n) is 5.94. The van der Waals surface area contributed by atoms with Crippen molar-refractivity contribution in [1.82, 2.24) is 0 Å². The Bertz CT molecular complexity index is 126. The van der Waals surface area contributed by atoms with Crippen LogP contribution in [0.3, 0.4) is 0 Å². The minimum Gasteiger partial charge on any atom is -0.393 e. The summed E-state index contributed by atoms with van der Waals surface area (Å²) in [4.78, 5) is 0. The molecule has 0 spiro atoms. The number of hydrogen-bond acceptors (Lipinski definition) is 2. The predicted molar refractivity (Wildman–Crippen MR) is 60.3 cm³/mol. The smallest absolute Gasteiger partial charge is 0.0647 e. The van der Waals surface area contributed by atoms with Gasteiger partial charge in [0.15, 0.2) is 0 Å². The van der Waals surface area contributed by atoms with Crippen molar-refractivity contribution in [2.75, 3.05) is 0 Å². The van der Waals surface area contributed by atoms with Gasteiger partial charge in [0.25, 0.3) is 0 Å². The van der Waals surface area contributed by atoms with Crippen molar-refractivity contribution < 1.29 is 10.2 Å². The molecular formula is C12H26O2. The maximum absolute atomic E-state index is 10.2. The molecule has 0 aliphatic rings. The zero-order valence-electron chi connectivity index (χ0n) is 9.92. The molecule has 86 valence electrons. The summed E-state index contributed by atoms with van der Waals surface area (Å²) in [6.45, 7) is 6.02. The molecule has 0 heterocycles. The minimum atomic E-state index is -0.474. The van der Waals surface area contributed by atoms with Crippen LogP contribution in [0.5, 0.6) is 0 Å². The van der Waals surface area contributed by atoms with Crippen molar-refractivity contribution >= 4 is 0 Å². The van der Waals surface area contributed by atoms with Gasteiger partial charge in [-0.2, -0.15) is 0 Å². The maximum Gasteiger partial charge on any atom is 0.0647 e. The second-order valence-corrected chi connectivity index (χ2v) is 4.47. The molecule has 1 unspecified atom stereocenters. The molecule has 0 aromatic rings. The quantitative estimate of drug-likeness (QED) is 0.635. The molecule has 0 saturated heterocycles. The van der Waals surface area contributed by atoms with E-state index in [1.807, 2.05) is 0 Å². The zero-order chi connectivity index (χ0) is 11.0. The lowest BCUT2D eigenvalue weighted by Crippen LogP contribution is -2.28. The number of rotatable bonds is 8. The molecule has 0 aliphatic heterocycles. The Morgan fingerprint density at radius 1 is 1.07 bits per heavy atom. The van der Waals surface area contributed by atoms with Gasteiger partial charge in [0.2, 0.25) is 0 Å². The van der Waals surface area contributed by atoms with E-state index in [0.29, 0.717) is 0 Å². The highest BCUT2D eigenvalue weighted by atomic mass is 16.3. The molecule has 0 rings (SSSR count). The average Bonchev–Trinajstić information content (AvgIpc) is 2.03. The van der Waals surface area contributed by atoms with Crippen molar-refractivity contribution in [1.29, 1.82) is 0 Å². The molecule has 1 atom stereocenters. The normalized spacial score (nSPS) is 14.4. The fourth-order valence-electron chi connectivity index (χ4n) is 2.03. The summed E-state index contributed by atoms with van der Waals surface area (Å²) in [5.41, 5.74) is -0.474. The molecule has 2 N–H and O–H groups in total. The van der Waals surface area contributed by atoms with Gasteiger partial charge in [-0.05, 0) is 39.0 Å². The predicted octanol–water partition coefficient (Wildman–Crippen LogP) is 2.87. The lowest BCUT2D eigenvalue weighted by atomic mass is 9.87. The third-order valence-electron chi connectivity index (χ3n) is 2.69. The molecule has 14 heavy (non-hydrogen) atoms. The van der Waals surface area contributed by atoms with Crippen LogP contribution in [0.25, 0.3) is 0 Å². The van der Waals surface area contributed by atoms with Gasteiger partial charge in [-0.15, -0.1) is 0 Å². The molecule has 0 amide bonds. The SMILES string of the molecule is CCCC(O)(CCC)CCCC(C)O. The molecule has 0 aliphatic carbocycles. The molecule has 0 aromatic carbocycles.